The number of carbonyl (C=O) groups is 1. The van der Waals surface area contributed by atoms with E-state index < -0.39 is 18.2 Å². The molecule has 0 spiro atoms. The Balaban J connectivity index is 1.25. The Morgan fingerprint density at radius 1 is 1.00 bits per heavy atom. The zero-order chi connectivity index (χ0) is 29.5. The Bertz CT molecular complexity index is 1430. The SMILES string of the molecule is COc1ccc2c3c([nH]c2c1)C1CC2C(CC(OC(=O)c4cc(OC)c(OC)c(OC)c4)C(OC)C2CO)CN1CC3. The van der Waals surface area contributed by atoms with E-state index in [0.717, 1.165) is 37.2 Å². The number of piperidine rings is 1. The summed E-state index contributed by atoms with van der Waals surface area (Å²) in [7, 11) is 7.85. The molecule has 3 heterocycles. The summed E-state index contributed by atoms with van der Waals surface area (Å²) in [6, 6.07) is 9.65. The van der Waals surface area contributed by atoms with E-state index in [1.54, 1.807) is 26.4 Å². The summed E-state index contributed by atoms with van der Waals surface area (Å²) in [6.45, 7) is 1.80. The molecule has 6 atom stereocenters. The third-order valence-corrected chi connectivity index (χ3v) is 9.65. The van der Waals surface area contributed by atoms with Crippen LogP contribution in [0.2, 0.25) is 0 Å². The van der Waals surface area contributed by atoms with E-state index in [4.69, 9.17) is 28.4 Å². The lowest BCUT2D eigenvalue weighted by atomic mass is 9.64. The number of esters is 1. The number of fused-ring (bicyclic) bond motifs is 6. The van der Waals surface area contributed by atoms with E-state index in [1.807, 2.05) is 6.07 Å². The number of aromatic nitrogens is 1. The molecule has 3 aromatic rings. The number of nitrogens with one attached hydrogen (secondary N) is 1. The highest BCUT2D eigenvalue weighted by molar-refractivity contribution is 5.91. The smallest absolute Gasteiger partial charge is 0.338 e. The van der Waals surface area contributed by atoms with Crippen molar-refractivity contribution in [1.82, 2.24) is 9.88 Å². The zero-order valence-corrected chi connectivity index (χ0v) is 24.8. The summed E-state index contributed by atoms with van der Waals surface area (Å²) in [6.07, 6.45) is 1.61. The highest BCUT2D eigenvalue weighted by Crippen LogP contribution is 2.50. The number of rotatable bonds is 8. The summed E-state index contributed by atoms with van der Waals surface area (Å²) in [5, 5.41) is 11.9. The van der Waals surface area contributed by atoms with Gasteiger partial charge >= 0.3 is 5.97 Å². The maximum Gasteiger partial charge on any atom is 0.338 e. The lowest BCUT2D eigenvalue weighted by molar-refractivity contribution is -0.145. The molecule has 2 N–H and O–H groups in total. The van der Waals surface area contributed by atoms with Gasteiger partial charge in [-0.2, -0.15) is 0 Å². The fourth-order valence-electron chi connectivity index (χ4n) is 7.71. The van der Waals surface area contributed by atoms with Crippen LogP contribution in [-0.2, 0) is 15.9 Å². The highest BCUT2D eigenvalue weighted by atomic mass is 16.6. The number of ether oxygens (including phenoxy) is 6. The van der Waals surface area contributed by atoms with Crippen molar-refractivity contribution < 1.29 is 38.3 Å². The molecule has 226 valence electrons. The van der Waals surface area contributed by atoms with E-state index in [1.165, 1.54) is 38.0 Å². The van der Waals surface area contributed by atoms with Gasteiger partial charge < -0.3 is 38.5 Å². The third-order valence-electron chi connectivity index (χ3n) is 9.65. The van der Waals surface area contributed by atoms with Gasteiger partial charge in [-0.25, -0.2) is 4.79 Å². The first kappa shape index (κ1) is 28.6. The maximum absolute atomic E-state index is 13.4. The average molecular weight is 581 g/mol. The molecular weight excluding hydrogens is 540 g/mol. The number of aliphatic hydroxyl groups is 1. The Labute approximate surface area is 245 Å². The Kier molecular flexibility index (Phi) is 7.95. The first-order chi connectivity index (χ1) is 20.4. The molecule has 3 aliphatic rings. The first-order valence-corrected chi connectivity index (χ1v) is 14.5. The van der Waals surface area contributed by atoms with Crippen molar-refractivity contribution in [2.24, 2.45) is 17.8 Å². The van der Waals surface area contributed by atoms with Crippen LogP contribution in [0.25, 0.3) is 10.9 Å². The van der Waals surface area contributed by atoms with E-state index in [-0.39, 0.29) is 30.4 Å². The molecule has 0 bridgehead atoms. The van der Waals surface area contributed by atoms with Crippen LogP contribution in [0, 0.1) is 17.8 Å². The number of hydrogen-bond acceptors (Lipinski definition) is 9. The van der Waals surface area contributed by atoms with Gasteiger partial charge in [-0.1, -0.05) is 0 Å². The molecule has 1 saturated heterocycles. The molecule has 0 amide bonds. The Hall–Kier alpha value is -3.47. The van der Waals surface area contributed by atoms with Crippen LogP contribution in [0.4, 0.5) is 0 Å². The summed E-state index contributed by atoms with van der Waals surface area (Å²) >= 11 is 0. The van der Waals surface area contributed by atoms with Crippen LogP contribution in [-0.4, -0.2) is 88.4 Å². The van der Waals surface area contributed by atoms with Crippen LogP contribution in [0.15, 0.2) is 30.3 Å². The molecule has 2 fully saturated rings. The monoisotopic (exact) mass is 580 g/mol. The predicted octanol–water partition coefficient (Wildman–Crippen LogP) is 3.99. The van der Waals surface area contributed by atoms with Crippen molar-refractivity contribution in [1.29, 1.82) is 0 Å². The molecule has 1 aromatic heterocycles. The Morgan fingerprint density at radius 3 is 2.40 bits per heavy atom. The summed E-state index contributed by atoms with van der Waals surface area (Å²) < 4.78 is 33.8. The van der Waals surface area contributed by atoms with Crippen molar-refractivity contribution in [3.63, 3.8) is 0 Å². The van der Waals surface area contributed by atoms with Gasteiger partial charge in [0.15, 0.2) is 11.5 Å². The molecule has 10 nitrogen and oxygen atoms in total. The van der Waals surface area contributed by atoms with Gasteiger partial charge in [0.2, 0.25) is 5.75 Å². The molecule has 2 aliphatic heterocycles. The normalized spacial score (nSPS) is 27.0. The van der Waals surface area contributed by atoms with Crippen molar-refractivity contribution in [3.05, 3.63) is 47.2 Å². The molecule has 1 aliphatic carbocycles. The molecular formula is C32H40N2O8. The number of hydrogen-bond donors (Lipinski definition) is 2. The number of nitrogens with zero attached hydrogens (tertiary/aromatic N) is 1. The number of benzene rings is 2. The number of H-pyrrole nitrogens is 1. The van der Waals surface area contributed by atoms with E-state index >= 15 is 0 Å². The lowest BCUT2D eigenvalue weighted by Gasteiger charge is -2.53. The zero-order valence-electron chi connectivity index (χ0n) is 24.8. The Morgan fingerprint density at radius 2 is 1.76 bits per heavy atom. The summed E-state index contributed by atoms with van der Waals surface area (Å²) in [5.41, 5.74) is 4.04. The first-order valence-electron chi connectivity index (χ1n) is 14.5. The van der Waals surface area contributed by atoms with Crippen molar-refractivity contribution in [2.45, 2.75) is 37.5 Å². The fraction of sp³-hybridized carbons (Fsp3) is 0.531. The van der Waals surface area contributed by atoms with Crippen LogP contribution < -0.4 is 18.9 Å². The minimum atomic E-state index is -0.502. The average Bonchev–Trinajstić information content (AvgIpc) is 3.40. The van der Waals surface area contributed by atoms with Gasteiger partial charge in [-0.3, -0.25) is 4.90 Å². The van der Waals surface area contributed by atoms with Crippen LogP contribution in [0.5, 0.6) is 23.0 Å². The van der Waals surface area contributed by atoms with Gasteiger partial charge in [0.25, 0.3) is 0 Å². The van der Waals surface area contributed by atoms with Crippen LogP contribution in [0.1, 0.15) is 40.5 Å². The molecule has 2 aromatic carbocycles. The van der Waals surface area contributed by atoms with Gasteiger partial charge in [0.1, 0.15) is 11.9 Å². The third kappa shape index (κ3) is 4.75. The summed E-state index contributed by atoms with van der Waals surface area (Å²) in [4.78, 5) is 19.7. The van der Waals surface area contributed by atoms with Crippen molar-refractivity contribution in [3.8, 4) is 23.0 Å². The molecule has 0 radical (unpaired) electrons. The molecule has 6 rings (SSSR count). The van der Waals surface area contributed by atoms with Gasteiger partial charge in [-0.15, -0.1) is 0 Å². The standard InChI is InChI=1S/C32H40N2O8/c1-37-19-6-7-20-21-8-9-34-15-18-12-28(42-32(36)17-10-26(38-2)31(41-5)27(11-17)39-3)30(40-4)23(16-35)22(18)14-25(34)29(21)33-24(20)13-19/h6-7,10-11,13,18,22-23,25,28,30,33,35H,8-9,12,14-16H2,1-5H3. The predicted molar refractivity (Wildman–Crippen MR) is 156 cm³/mol. The van der Waals surface area contributed by atoms with Crippen LogP contribution in [0.3, 0.4) is 0 Å². The molecule has 10 heteroatoms. The number of carbonyl (C=O) groups excluding carboxylic acids is 1. The van der Waals surface area contributed by atoms with E-state index in [2.05, 4.69) is 22.0 Å². The minimum Gasteiger partial charge on any atom is -0.497 e. The van der Waals surface area contributed by atoms with Gasteiger partial charge in [0, 0.05) is 55.4 Å². The fourth-order valence-corrected chi connectivity index (χ4v) is 7.71. The molecule has 1 saturated carbocycles. The lowest BCUT2D eigenvalue weighted by Crippen LogP contribution is -2.57. The number of aromatic amines is 1. The number of aliphatic hydroxyl groups excluding tert-OH is 1. The minimum absolute atomic E-state index is 0.0403. The van der Waals surface area contributed by atoms with Gasteiger partial charge in [-0.05, 0) is 60.9 Å². The highest BCUT2D eigenvalue weighted by Gasteiger charge is 2.51. The summed E-state index contributed by atoms with van der Waals surface area (Å²) in [5.74, 6) is 1.82. The van der Waals surface area contributed by atoms with Crippen LogP contribution >= 0.6 is 0 Å². The van der Waals surface area contributed by atoms with E-state index in [0.29, 0.717) is 29.2 Å². The van der Waals surface area contributed by atoms with Crippen molar-refractivity contribution >= 4 is 16.9 Å². The van der Waals surface area contributed by atoms with Gasteiger partial charge in [0.05, 0.1) is 46.1 Å². The largest absolute Gasteiger partial charge is 0.497 e. The second kappa shape index (κ2) is 11.7. The second-order valence-electron chi connectivity index (χ2n) is 11.5. The molecule has 6 unspecified atom stereocenters. The van der Waals surface area contributed by atoms with E-state index in [9.17, 15) is 9.90 Å². The van der Waals surface area contributed by atoms with Crippen molar-refractivity contribution in [2.75, 3.05) is 55.2 Å². The molecule has 42 heavy (non-hydrogen) atoms. The quantitative estimate of drug-likeness (QED) is 0.382. The number of methoxy groups -OCH3 is 5. The maximum atomic E-state index is 13.4. The second-order valence-corrected chi connectivity index (χ2v) is 11.5. The topological polar surface area (TPSA) is 112 Å².